The zero-order chi connectivity index (χ0) is 16.7. The van der Waals surface area contributed by atoms with Crippen LogP contribution in [0.5, 0.6) is 0 Å². The van der Waals surface area contributed by atoms with Gasteiger partial charge < -0.3 is 9.80 Å². The normalized spacial score (nSPS) is 15.3. The van der Waals surface area contributed by atoms with Gasteiger partial charge in [-0.15, -0.1) is 11.3 Å². The SMILES string of the molecule is Cc1nc(Cl)cc(N2CCN(c3ncnc4sc(C)cc34)CC2)n1. The Morgan fingerprint density at radius 1 is 1.00 bits per heavy atom. The molecule has 1 saturated heterocycles. The monoisotopic (exact) mass is 360 g/mol. The number of aryl methyl sites for hydroxylation is 2. The highest BCUT2D eigenvalue weighted by Gasteiger charge is 2.22. The second-order valence-electron chi connectivity index (χ2n) is 5.84. The highest BCUT2D eigenvalue weighted by molar-refractivity contribution is 7.18. The van der Waals surface area contributed by atoms with Gasteiger partial charge in [0.15, 0.2) is 0 Å². The van der Waals surface area contributed by atoms with E-state index in [4.69, 9.17) is 11.6 Å². The Morgan fingerprint density at radius 2 is 1.75 bits per heavy atom. The number of thiophene rings is 1. The molecule has 0 radical (unpaired) electrons. The lowest BCUT2D eigenvalue weighted by molar-refractivity contribution is 0.641. The Labute approximate surface area is 149 Å². The number of hydrogen-bond acceptors (Lipinski definition) is 7. The summed E-state index contributed by atoms with van der Waals surface area (Å²) >= 11 is 7.77. The number of anilines is 2. The topological polar surface area (TPSA) is 58.0 Å². The first-order valence-electron chi connectivity index (χ1n) is 7.82. The fourth-order valence-corrected chi connectivity index (χ4v) is 4.10. The van der Waals surface area contributed by atoms with Crippen molar-refractivity contribution in [2.24, 2.45) is 0 Å². The number of rotatable bonds is 2. The van der Waals surface area contributed by atoms with Crippen LogP contribution in [0.25, 0.3) is 10.2 Å². The van der Waals surface area contributed by atoms with E-state index in [9.17, 15) is 0 Å². The largest absolute Gasteiger partial charge is 0.353 e. The molecule has 1 aliphatic rings. The fourth-order valence-electron chi connectivity index (χ4n) is 3.04. The van der Waals surface area contributed by atoms with Crippen LogP contribution < -0.4 is 9.80 Å². The first-order valence-corrected chi connectivity index (χ1v) is 9.02. The third kappa shape index (κ3) is 2.89. The van der Waals surface area contributed by atoms with Gasteiger partial charge in [-0.05, 0) is 19.9 Å². The summed E-state index contributed by atoms with van der Waals surface area (Å²) in [5, 5.41) is 1.64. The number of nitrogens with zero attached hydrogens (tertiary/aromatic N) is 6. The molecular weight excluding hydrogens is 344 g/mol. The molecule has 0 unspecified atom stereocenters. The molecule has 3 aromatic rings. The first kappa shape index (κ1) is 15.5. The van der Waals surface area contributed by atoms with Crippen molar-refractivity contribution < 1.29 is 0 Å². The molecule has 0 aromatic carbocycles. The summed E-state index contributed by atoms with van der Waals surface area (Å²) in [5.74, 6) is 2.62. The Hall–Kier alpha value is -1.99. The van der Waals surface area contributed by atoms with E-state index in [0.717, 1.165) is 48.0 Å². The summed E-state index contributed by atoms with van der Waals surface area (Å²) < 4.78 is 0. The summed E-state index contributed by atoms with van der Waals surface area (Å²) in [6, 6.07) is 4.00. The molecule has 0 atom stereocenters. The molecule has 124 valence electrons. The van der Waals surface area contributed by atoms with Crippen molar-refractivity contribution in [2.45, 2.75) is 13.8 Å². The average Bonchev–Trinajstić information content (AvgIpc) is 2.94. The number of hydrogen-bond donors (Lipinski definition) is 0. The van der Waals surface area contributed by atoms with Crippen LogP contribution in [0, 0.1) is 13.8 Å². The maximum atomic E-state index is 6.06. The van der Waals surface area contributed by atoms with Gasteiger partial charge in [0.2, 0.25) is 0 Å². The van der Waals surface area contributed by atoms with Crippen LogP contribution in [0.4, 0.5) is 11.6 Å². The Kier molecular flexibility index (Phi) is 3.97. The van der Waals surface area contributed by atoms with E-state index in [0.29, 0.717) is 11.0 Å². The molecule has 0 amide bonds. The van der Waals surface area contributed by atoms with Crippen LogP contribution in [0.15, 0.2) is 18.5 Å². The van der Waals surface area contributed by atoms with Gasteiger partial charge in [-0.25, -0.2) is 19.9 Å². The maximum Gasteiger partial charge on any atom is 0.140 e. The van der Waals surface area contributed by atoms with E-state index < -0.39 is 0 Å². The zero-order valence-corrected chi connectivity index (χ0v) is 15.1. The van der Waals surface area contributed by atoms with Crippen LogP contribution in [-0.4, -0.2) is 46.1 Å². The van der Waals surface area contributed by atoms with Gasteiger partial charge in [0.25, 0.3) is 0 Å². The van der Waals surface area contributed by atoms with Crippen LogP contribution in [0.2, 0.25) is 5.15 Å². The second-order valence-corrected chi connectivity index (χ2v) is 7.47. The number of piperazine rings is 1. The highest BCUT2D eigenvalue weighted by atomic mass is 35.5. The molecule has 3 aromatic heterocycles. The molecule has 6 nitrogen and oxygen atoms in total. The minimum Gasteiger partial charge on any atom is -0.353 e. The third-order valence-electron chi connectivity index (χ3n) is 4.13. The van der Waals surface area contributed by atoms with Gasteiger partial charge in [-0.1, -0.05) is 11.6 Å². The van der Waals surface area contributed by atoms with Crippen LogP contribution in [-0.2, 0) is 0 Å². The molecule has 4 heterocycles. The van der Waals surface area contributed by atoms with E-state index in [-0.39, 0.29) is 0 Å². The second kappa shape index (κ2) is 6.14. The van der Waals surface area contributed by atoms with E-state index in [1.165, 1.54) is 4.88 Å². The van der Waals surface area contributed by atoms with Crippen molar-refractivity contribution in [3.63, 3.8) is 0 Å². The summed E-state index contributed by atoms with van der Waals surface area (Å²) in [5.41, 5.74) is 0. The lowest BCUT2D eigenvalue weighted by Gasteiger charge is -2.36. The van der Waals surface area contributed by atoms with Crippen molar-refractivity contribution in [3.05, 3.63) is 34.3 Å². The lowest BCUT2D eigenvalue weighted by Crippen LogP contribution is -2.47. The lowest BCUT2D eigenvalue weighted by atomic mass is 10.2. The standard InChI is InChI=1S/C16H17ClN6S/c1-10-7-12-15(18-9-19-16(12)24-10)23-5-3-22(4-6-23)14-8-13(17)20-11(2)21-14/h7-9H,3-6H2,1-2H3. The van der Waals surface area contributed by atoms with E-state index in [1.807, 2.05) is 13.0 Å². The molecule has 1 fully saturated rings. The van der Waals surface area contributed by atoms with Gasteiger partial charge in [-0.3, -0.25) is 0 Å². The maximum absolute atomic E-state index is 6.06. The third-order valence-corrected chi connectivity index (χ3v) is 5.28. The Balaban J connectivity index is 1.55. The first-order chi connectivity index (χ1) is 11.6. The Bertz CT molecular complexity index is 867. The number of fused-ring (bicyclic) bond motifs is 1. The molecule has 0 N–H and O–H groups in total. The van der Waals surface area contributed by atoms with Crippen LogP contribution >= 0.6 is 22.9 Å². The van der Waals surface area contributed by atoms with Crippen LogP contribution in [0.1, 0.15) is 10.7 Å². The van der Waals surface area contributed by atoms with Gasteiger partial charge in [0, 0.05) is 37.1 Å². The molecule has 4 rings (SSSR count). The molecular formula is C16H17ClN6S. The van der Waals surface area contributed by atoms with Crippen LogP contribution in [0.3, 0.4) is 0 Å². The molecule has 0 saturated carbocycles. The number of aromatic nitrogens is 4. The van der Waals surface area contributed by atoms with Crippen molar-refractivity contribution in [2.75, 3.05) is 36.0 Å². The van der Waals surface area contributed by atoms with Crippen molar-refractivity contribution in [1.82, 2.24) is 19.9 Å². The van der Waals surface area contributed by atoms with Crippen molar-refractivity contribution in [1.29, 1.82) is 0 Å². The summed E-state index contributed by atoms with van der Waals surface area (Å²) in [6.45, 7) is 7.50. The Morgan fingerprint density at radius 3 is 2.50 bits per heavy atom. The minimum absolute atomic E-state index is 0.492. The minimum atomic E-state index is 0.492. The van der Waals surface area contributed by atoms with Crippen molar-refractivity contribution in [3.8, 4) is 0 Å². The van der Waals surface area contributed by atoms with Gasteiger partial charge >= 0.3 is 0 Å². The highest BCUT2D eigenvalue weighted by Crippen LogP contribution is 2.30. The summed E-state index contributed by atoms with van der Waals surface area (Å²) in [7, 11) is 0. The summed E-state index contributed by atoms with van der Waals surface area (Å²) in [4.78, 5) is 24.4. The predicted molar refractivity (Wildman–Crippen MR) is 98.4 cm³/mol. The number of halogens is 1. The predicted octanol–water partition coefficient (Wildman–Crippen LogP) is 3.08. The van der Waals surface area contributed by atoms with Crippen molar-refractivity contribution >= 4 is 44.8 Å². The zero-order valence-electron chi connectivity index (χ0n) is 13.5. The molecule has 8 heteroatoms. The molecule has 24 heavy (non-hydrogen) atoms. The quantitative estimate of drug-likeness (QED) is 0.654. The van der Waals surface area contributed by atoms with E-state index in [2.05, 4.69) is 42.7 Å². The summed E-state index contributed by atoms with van der Waals surface area (Å²) in [6.07, 6.45) is 1.66. The molecule has 0 bridgehead atoms. The van der Waals surface area contributed by atoms with Gasteiger partial charge in [-0.2, -0.15) is 0 Å². The molecule has 0 spiro atoms. The molecule has 0 aliphatic carbocycles. The van der Waals surface area contributed by atoms with E-state index >= 15 is 0 Å². The van der Waals surface area contributed by atoms with Gasteiger partial charge in [0.1, 0.15) is 33.8 Å². The smallest absolute Gasteiger partial charge is 0.140 e. The fraction of sp³-hybridized carbons (Fsp3) is 0.375. The van der Waals surface area contributed by atoms with E-state index in [1.54, 1.807) is 17.7 Å². The van der Waals surface area contributed by atoms with Gasteiger partial charge in [0.05, 0.1) is 5.39 Å². The average molecular weight is 361 g/mol. The molecule has 1 aliphatic heterocycles.